The number of non-ortho nitro benzene ring substituents is 1. The molecule has 0 aliphatic rings. The molecule has 0 saturated heterocycles. The highest BCUT2D eigenvalue weighted by molar-refractivity contribution is 6.06. The third-order valence-electron chi connectivity index (χ3n) is 3.76. The molecule has 0 bridgehead atoms. The SMILES string of the molecule is O=C(Nc1ccc(-c2ccc([N+](=O)[O-])cc2)cc1)c1ccc(F)cc1O. The number of hydrogen-bond donors (Lipinski definition) is 2. The zero-order chi connectivity index (χ0) is 18.7. The standard InChI is InChI=1S/C19H13FN2O4/c20-14-5-10-17(18(23)11-14)19(24)21-15-6-1-12(2-7-15)13-3-8-16(9-4-13)22(25)26/h1-11,23H,(H,21,24). The van der Waals surface area contributed by atoms with Crippen molar-refractivity contribution in [3.8, 4) is 16.9 Å². The lowest BCUT2D eigenvalue weighted by Crippen LogP contribution is -2.12. The Balaban J connectivity index is 1.75. The first-order valence-corrected chi connectivity index (χ1v) is 7.59. The largest absolute Gasteiger partial charge is 0.507 e. The number of carbonyl (C=O) groups is 1. The molecule has 0 radical (unpaired) electrons. The zero-order valence-electron chi connectivity index (χ0n) is 13.3. The van der Waals surface area contributed by atoms with Crippen LogP contribution in [0.5, 0.6) is 5.75 Å². The second-order valence-electron chi connectivity index (χ2n) is 5.50. The number of halogens is 1. The maximum absolute atomic E-state index is 13.0. The Hall–Kier alpha value is -3.74. The Bertz CT molecular complexity index is 970. The molecule has 2 N–H and O–H groups in total. The molecule has 3 aromatic rings. The number of benzene rings is 3. The summed E-state index contributed by atoms with van der Waals surface area (Å²) >= 11 is 0. The Labute approximate surface area is 147 Å². The van der Waals surface area contributed by atoms with Crippen molar-refractivity contribution in [2.45, 2.75) is 0 Å². The Morgan fingerprint density at radius 2 is 1.54 bits per heavy atom. The Morgan fingerprint density at radius 3 is 2.08 bits per heavy atom. The van der Waals surface area contributed by atoms with E-state index in [0.29, 0.717) is 5.69 Å². The van der Waals surface area contributed by atoms with Crippen LogP contribution in [0.15, 0.2) is 66.7 Å². The zero-order valence-corrected chi connectivity index (χ0v) is 13.3. The van der Waals surface area contributed by atoms with Crippen molar-refractivity contribution in [1.82, 2.24) is 0 Å². The van der Waals surface area contributed by atoms with Crippen molar-refractivity contribution in [3.05, 3.63) is 88.2 Å². The van der Waals surface area contributed by atoms with E-state index in [9.17, 15) is 24.4 Å². The molecule has 0 atom stereocenters. The third-order valence-corrected chi connectivity index (χ3v) is 3.76. The molecule has 0 heterocycles. The van der Waals surface area contributed by atoms with E-state index in [0.717, 1.165) is 23.3 Å². The number of nitrogens with one attached hydrogen (secondary N) is 1. The lowest BCUT2D eigenvalue weighted by molar-refractivity contribution is -0.384. The van der Waals surface area contributed by atoms with Gasteiger partial charge < -0.3 is 10.4 Å². The molecule has 0 spiro atoms. The summed E-state index contributed by atoms with van der Waals surface area (Å²) < 4.78 is 13.0. The fraction of sp³-hybridized carbons (Fsp3) is 0. The average Bonchev–Trinajstić information content (AvgIpc) is 2.62. The van der Waals surface area contributed by atoms with Crippen LogP contribution >= 0.6 is 0 Å². The summed E-state index contributed by atoms with van der Waals surface area (Å²) in [6, 6.07) is 16.1. The van der Waals surface area contributed by atoms with Crippen LogP contribution in [0.1, 0.15) is 10.4 Å². The minimum Gasteiger partial charge on any atom is -0.507 e. The molecule has 3 rings (SSSR count). The fourth-order valence-electron chi connectivity index (χ4n) is 2.42. The van der Waals surface area contributed by atoms with Crippen LogP contribution in [0.3, 0.4) is 0 Å². The molecular formula is C19H13FN2O4. The van der Waals surface area contributed by atoms with Gasteiger partial charge in [0, 0.05) is 23.9 Å². The second kappa shape index (κ2) is 7.02. The summed E-state index contributed by atoms with van der Waals surface area (Å²) in [4.78, 5) is 22.4. The number of carbonyl (C=O) groups excluding carboxylic acids is 1. The summed E-state index contributed by atoms with van der Waals surface area (Å²) in [7, 11) is 0. The van der Waals surface area contributed by atoms with Gasteiger partial charge in [0.15, 0.2) is 0 Å². The summed E-state index contributed by atoms with van der Waals surface area (Å²) in [6.07, 6.45) is 0. The Morgan fingerprint density at radius 1 is 0.962 bits per heavy atom. The minimum atomic E-state index is -0.633. The number of amides is 1. The topological polar surface area (TPSA) is 92.5 Å². The highest BCUT2D eigenvalue weighted by Crippen LogP contribution is 2.25. The van der Waals surface area contributed by atoms with E-state index in [1.165, 1.54) is 18.2 Å². The first kappa shape index (κ1) is 17.1. The lowest BCUT2D eigenvalue weighted by atomic mass is 10.0. The molecule has 0 aliphatic heterocycles. The number of hydrogen-bond acceptors (Lipinski definition) is 4. The van der Waals surface area contributed by atoms with Gasteiger partial charge in [0.1, 0.15) is 11.6 Å². The molecule has 26 heavy (non-hydrogen) atoms. The monoisotopic (exact) mass is 352 g/mol. The molecule has 0 aromatic heterocycles. The van der Waals surface area contributed by atoms with E-state index in [1.807, 2.05) is 0 Å². The van der Waals surface area contributed by atoms with Crippen LogP contribution in [-0.4, -0.2) is 15.9 Å². The average molecular weight is 352 g/mol. The molecule has 0 saturated carbocycles. The van der Waals surface area contributed by atoms with Crippen LogP contribution in [0, 0.1) is 15.9 Å². The summed E-state index contributed by atoms with van der Waals surface area (Å²) in [5, 5.41) is 22.9. The second-order valence-corrected chi connectivity index (χ2v) is 5.50. The van der Waals surface area contributed by atoms with Crippen molar-refractivity contribution >= 4 is 17.3 Å². The maximum Gasteiger partial charge on any atom is 0.269 e. The summed E-state index contributed by atoms with van der Waals surface area (Å²) in [5.41, 5.74) is 2.08. The van der Waals surface area contributed by atoms with Gasteiger partial charge in [-0.05, 0) is 47.5 Å². The van der Waals surface area contributed by atoms with E-state index in [4.69, 9.17) is 0 Å². The molecule has 6 nitrogen and oxygen atoms in total. The number of nitro benzene ring substituents is 1. The number of aromatic hydroxyl groups is 1. The predicted octanol–water partition coefficient (Wildman–Crippen LogP) is 4.36. The van der Waals surface area contributed by atoms with E-state index in [1.54, 1.807) is 36.4 Å². The predicted molar refractivity (Wildman–Crippen MR) is 94.6 cm³/mol. The number of phenols is 1. The first-order chi connectivity index (χ1) is 12.4. The number of anilines is 1. The number of nitrogens with zero attached hydrogens (tertiary/aromatic N) is 1. The lowest BCUT2D eigenvalue weighted by Gasteiger charge is -2.08. The Kier molecular flexibility index (Phi) is 4.62. The van der Waals surface area contributed by atoms with Crippen molar-refractivity contribution in [3.63, 3.8) is 0 Å². The molecule has 3 aromatic carbocycles. The van der Waals surface area contributed by atoms with E-state index in [2.05, 4.69) is 5.32 Å². The molecule has 7 heteroatoms. The van der Waals surface area contributed by atoms with Gasteiger partial charge in [-0.3, -0.25) is 14.9 Å². The normalized spacial score (nSPS) is 10.3. The number of nitro groups is 1. The molecular weight excluding hydrogens is 339 g/mol. The highest BCUT2D eigenvalue weighted by Gasteiger charge is 2.12. The quantitative estimate of drug-likeness (QED) is 0.539. The van der Waals surface area contributed by atoms with Crippen LogP contribution < -0.4 is 5.32 Å². The van der Waals surface area contributed by atoms with Gasteiger partial charge >= 0.3 is 0 Å². The van der Waals surface area contributed by atoms with Crippen molar-refractivity contribution in [2.75, 3.05) is 5.32 Å². The van der Waals surface area contributed by atoms with E-state index in [-0.39, 0.29) is 11.3 Å². The van der Waals surface area contributed by atoms with Gasteiger partial charge in [-0.15, -0.1) is 0 Å². The van der Waals surface area contributed by atoms with Crippen LogP contribution in [0.2, 0.25) is 0 Å². The van der Waals surface area contributed by atoms with Crippen molar-refractivity contribution in [2.24, 2.45) is 0 Å². The summed E-state index contributed by atoms with van der Waals surface area (Å²) in [6.45, 7) is 0. The van der Waals surface area contributed by atoms with Crippen molar-refractivity contribution < 1.29 is 19.2 Å². The summed E-state index contributed by atoms with van der Waals surface area (Å²) in [5.74, 6) is -1.64. The smallest absolute Gasteiger partial charge is 0.269 e. The molecule has 0 fully saturated rings. The van der Waals surface area contributed by atoms with Gasteiger partial charge in [0.05, 0.1) is 10.5 Å². The molecule has 130 valence electrons. The van der Waals surface area contributed by atoms with Crippen LogP contribution in [0.25, 0.3) is 11.1 Å². The maximum atomic E-state index is 13.0. The van der Waals surface area contributed by atoms with Gasteiger partial charge in [0.25, 0.3) is 11.6 Å². The van der Waals surface area contributed by atoms with Gasteiger partial charge in [-0.25, -0.2) is 4.39 Å². The van der Waals surface area contributed by atoms with Crippen LogP contribution in [-0.2, 0) is 0 Å². The highest BCUT2D eigenvalue weighted by atomic mass is 19.1. The first-order valence-electron chi connectivity index (χ1n) is 7.59. The molecule has 0 unspecified atom stereocenters. The van der Waals surface area contributed by atoms with Crippen molar-refractivity contribution in [1.29, 1.82) is 0 Å². The van der Waals surface area contributed by atoms with E-state index < -0.39 is 22.4 Å². The molecule has 0 aliphatic carbocycles. The fourth-order valence-corrected chi connectivity index (χ4v) is 2.42. The van der Waals surface area contributed by atoms with Gasteiger partial charge in [0.2, 0.25) is 0 Å². The van der Waals surface area contributed by atoms with Crippen LogP contribution in [0.4, 0.5) is 15.8 Å². The van der Waals surface area contributed by atoms with Gasteiger partial charge in [-0.2, -0.15) is 0 Å². The van der Waals surface area contributed by atoms with Gasteiger partial charge in [-0.1, -0.05) is 12.1 Å². The minimum absolute atomic E-state index is 0.0109. The van der Waals surface area contributed by atoms with E-state index >= 15 is 0 Å². The number of rotatable bonds is 4. The molecule has 1 amide bonds. The third kappa shape index (κ3) is 3.67. The number of phenolic OH excluding ortho intramolecular Hbond substituents is 1.